The van der Waals surface area contributed by atoms with Crippen molar-refractivity contribution >= 4 is 13.1 Å². The highest BCUT2D eigenvalue weighted by Crippen LogP contribution is 2.32. The molecule has 2 rings (SSSR count). The van der Waals surface area contributed by atoms with Crippen molar-refractivity contribution in [3.8, 4) is 0 Å². The van der Waals surface area contributed by atoms with E-state index in [1.807, 2.05) is 0 Å². The Hall–Kier alpha value is -1.06. The van der Waals surface area contributed by atoms with Crippen molar-refractivity contribution in [3.63, 3.8) is 0 Å². The van der Waals surface area contributed by atoms with Crippen LogP contribution in [0.3, 0.4) is 0 Å². The molecule has 0 heterocycles. The van der Waals surface area contributed by atoms with Crippen LogP contribution in [-0.2, 0) is 0 Å². The summed E-state index contributed by atoms with van der Waals surface area (Å²) in [4.78, 5) is 4.55. The van der Waals surface area contributed by atoms with Crippen LogP contribution in [0.4, 0.5) is 0 Å². The number of hydrogen-bond acceptors (Lipinski definition) is 2. The van der Waals surface area contributed by atoms with E-state index in [-0.39, 0.29) is 0 Å². The summed E-state index contributed by atoms with van der Waals surface area (Å²) in [5, 5.41) is 0. The lowest BCUT2D eigenvalue weighted by molar-refractivity contribution is 0.506. The maximum atomic E-state index is 2.31. The number of rotatable bonds is 3. The largest absolute Gasteiger partial charge is 0.333 e. The summed E-state index contributed by atoms with van der Waals surface area (Å²) in [6, 6.07) is 8.65. The van der Waals surface area contributed by atoms with Gasteiger partial charge in [0.1, 0.15) is 0 Å². The highest BCUT2D eigenvalue weighted by atomic mass is 15.2. The molecule has 0 saturated heterocycles. The molecule has 0 fully saturated rings. The standard InChI is InChI=1S/C13H19BN2/c1-15(2)14(16(3)4)13-10-9-11-7-5-6-8-12(11)13/h5-10,13H,1-4H3. The van der Waals surface area contributed by atoms with Crippen LogP contribution in [-0.4, -0.2) is 44.8 Å². The van der Waals surface area contributed by atoms with Crippen LogP contribution >= 0.6 is 0 Å². The van der Waals surface area contributed by atoms with E-state index in [9.17, 15) is 0 Å². The molecule has 16 heavy (non-hydrogen) atoms. The first-order valence-corrected chi connectivity index (χ1v) is 5.71. The summed E-state index contributed by atoms with van der Waals surface area (Å²) in [6.45, 7) is 0.417. The van der Waals surface area contributed by atoms with Gasteiger partial charge in [0.2, 0.25) is 0 Å². The summed E-state index contributed by atoms with van der Waals surface area (Å²) < 4.78 is 0. The molecule has 1 aliphatic carbocycles. The lowest BCUT2D eigenvalue weighted by Gasteiger charge is -2.31. The van der Waals surface area contributed by atoms with Gasteiger partial charge in [-0.05, 0) is 39.3 Å². The Labute approximate surface area is 98.7 Å². The quantitative estimate of drug-likeness (QED) is 0.709. The molecule has 1 aromatic carbocycles. The topological polar surface area (TPSA) is 6.48 Å². The average molecular weight is 214 g/mol. The molecule has 1 unspecified atom stereocenters. The predicted molar refractivity (Wildman–Crippen MR) is 71.3 cm³/mol. The average Bonchev–Trinajstić information content (AvgIpc) is 2.61. The van der Waals surface area contributed by atoms with Gasteiger partial charge in [0.25, 0.3) is 0 Å². The first kappa shape index (κ1) is 11.4. The molecule has 0 N–H and O–H groups in total. The third-order valence-corrected chi connectivity index (χ3v) is 3.22. The molecule has 0 bridgehead atoms. The van der Waals surface area contributed by atoms with Crippen LogP contribution in [0.2, 0.25) is 0 Å². The second-order valence-corrected chi connectivity index (χ2v) is 4.85. The lowest BCUT2D eigenvalue weighted by atomic mass is 9.58. The summed E-state index contributed by atoms with van der Waals surface area (Å²) >= 11 is 0. The normalized spacial score (nSPS) is 18.2. The van der Waals surface area contributed by atoms with Gasteiger partial charge < -0.3 is 9.62 Å². The zero-order chi connectivity index (χ0) is 11.7. The Morgan fingerprint density at radius 2 is 1.62 bits per heavy atom. The molecular weight excluding hydrogens is 195 g/mol. The summed E-state index contributed by atoms with van der Waals surface area (Å²) in [6.07, 6.45) is 4.55. The van der Waals surface area contributed by atoms with Crippen LogP contribution in [0, 0.1) is 0 Å². The van der Waals surface area contributed by atoms with E-state index in [0.29, 0.717) is 12.8 Å². The monoisotopic (exact) mass is 214 g/mol. The Kier molecular flexibility index (Phi) is 3.17. The van der Waals surface area contributed by atoms with Gasteiger partial charge in [0.05, 0.1) is 0 Å². The maximum Gasteiger partial charge on any atom is 0.321 e. The fraction of sp³-hybridized carbons (Fsp3) is 0.385. The number of hydrogen-bond donors (Lipinski definition) is 0. The van der Waals surface area contributed by atoms with Gasteiger partial charge in [0.15, 0.2) is 0 Å². The maximum absolute atomic E-state index is 2.31. The van der Waals surface area contributed by atoms with Crippen LogP contribution < -0.4 is 0 Å². The van der Waals surface area contributed by atoms with E-state index in [2.05, 4.69) is 74.2 Å². The van der Waals surface area contributed by atoms with Crippen LogP contribution in [0.15, 0.2) is 30.3 Å². The van der Waals surface area contributed by atoms with Crippen LogP contribution in [0.1, 0.15) is 16.9 Å². The summed E-state index contributed by atoms with van der Waals surface area (Å²) in [5.74, 6) is 0.473. The van der Waals surface area contributed by atoms with Crippen molar-refractivity contribution in [2.45, 2.75) is 5.82 Å². The first-order valence-electron chi connectivity index (χ1n) is 5.71. The molecule has 0 aromatic heterocycles. The van der Waals surface area contributed by atoms with Gasteiger partial charge in [-0.3, -0.25) is 0 Å². The van der Waals surface area contributed by atoms with E-state index >= 15 is 0 Å². The zero-order valence-electron chi connectivity index (χ0n) is 10.5. The molecule has 3 heteroatoms. The fourth-order valence-electron chi connectivity index (χ4n) is 2.64. The molecule has 0 spiro atoms. The van der Waals surface area contributed by atoms with E-state index in [0.717, 1.165) is 0 Å². The third kappa shape index (κ3) is 1.93. The van der Waals surface area contributed by atoms with Gasteiger partial charge in [-0.25, -0.2) is 0 Å². The number of fused-ring (bicyclic) bond motifs is 1. The van der Waals surface area contributed by atoms with Crippen molar-refractivity contribution in [1.82, 2.24) is 9.62 Å². The minimum Gasteiger partial charge on any atom is -0.333 e. The van der Waals surface area contributed by atoms with E-state index in [4.69, 9.17) is 0 Å². The summed E-state index contributed by atoms with van der Waals surface area (Å²) in [7, 11) is 8.55. The van der Waals surface area contributed by atoms with Gasteiger partial charge in [0, 0.05) is 5.82 Å². The van der Waals surface area contributed by atoms with E-state index < -0.39 is 0 Å². The first-order chi connectivity index (χ1) is 7.61. The smallest absolute Gasteiger partial charge is 0.321 e. The van der Waals surface area contributed by atoms with Gasteiger partial charge in [-0.2, -0.15) is 0 Å². The van der Waals surface area contributed by atoms with Crippen molar-refractivity contribution in [2.75, 3.05) is 28.2 Å². The van der Waals surface area contributed by atoms with E-state index in [1.54, 1.807) is 0 Å². The van der Waals surface area contributed by atoms with Crippen LogP contribution in [0.25, 0.3) is 6.08 Å². The van der Waals surface area contributed by atoms with Crippen molar-refractivity contribution in [2.24, 2.45) is 0 Å². The van der Waals surface area contributed by atoms with Crippen molar-refractivity contribution < 1.29 is 0 Å². The van der Waals surface area contributed by atoms with Gasteiger partial charge >= 0.3 is 6.98 Å². The molecule has 0 aliphatic heterocycles. The van der Waals surface area contributed by atoms with Gasteiger partial charge in [-0.15, -0.1) is 0 Å². The minimum atomic E-state index is 0.417. The highest BCUT2D eigenvalue weighted by Gasteiger charge is 2.33. The summed E-state index contributed by atoms with van der Waals surface area (Å²) in [5.41, 5.74) is 2.80. The Balaban J connectivity index is 2.33. The number of allylic oxidation sites excluding steroid dienone is 1. The van der Waals surface area contributed by atoms with Gasteiger partial charge in [-0.1, -0.05) is 36.4 Å². The predicted octanol–water partition coefficient (Wildman–Crippen LogP) is 1.95. The van der Waals surface area contributed by atoms with Crippen molar-refractivity contribution in [3.05, 3.63) is 41.5 Å². The zero-order valence-corrected chi connectivity index (χ0v) is 10.5. The minimum absolute atomic E-state index is 0.417. The second-order valence-electron chi connectivity index (χ2n) is 4.85. The van der Waals surface area contributed by atoms with Crippen LogP contribution in [0.5, 0.6) is 0 Å². The molecule has 84 valence electrons. The lowest BCUT2D eigenvalue weighted by Crippen LogP contribution is -2.49. The fourth-order valence-corrected chi connectivity index (χ4v) is 2.64. The Bertz CT molecular complexity index is 391. The third-order valence-electron chi connectivity index (χ3n) is 3.22. The molecule has 0 saturated carbocycles. The molecule has 1 atom stereocenters. The molecule has 0 radical (unpaired) electrons. The molecule has 0 amide bonds. The molecular formula is C13H19BN2. The molecule has 1 aromatic rings. The number of nitrogens with zero attached hydrogens (tertiary/aromatic N) is 2. The SMILES string of the molecule is CN(C)B(C1C=Cc2ccccc21)N(C)C. The molecule has 1 aliphatic rings. The second kappa shape index (κ2) is 4.44. The highest BCUT2D eigenvalue weighted by molar-refractivity contribution is 6.55. The Morgan fingerprint density at radius 3 is 2.25 bits per heavy atom. The Morgan fingerprint density at radius 1 is 1.00 bits per heavy atom. The molecule has 2 nitrogen and oxygen atoms in total. The number of benzene rings is 1. The van der Waals surface area contributed by atoms with Crippen molar-refractivity contribution in [1.29, 1.82) is 0 Å². The van der Waals surface area contributed by atoms with E-state index in [1.165, 1.54) is 11.1 Å².